The summed E-state index contributed by atoms with van der Waals surface area (Å²) >= 11 is 1.86. The minimum Gasteiger partial charge on any atom is -0.326 e. The first kappa shape index (κ1) is 15.0. The molecule has 108 valence electrons. The van der Waals surface area contributed by atoms with Crippen molar-refractivity contribution in [3.8, 4) is 0 Å². The molecular weight excluding hydrogens is 266 g/mol. The fourth-order valence-electron chi connectivity index (χ4n) is 2.45. The zero-order valence-electron chi connectivity index (χ0n) is 12.9. The van der Waals surface area contributed by atoms with E-state index in [1.165, 1.54) is 20.5 Å². The van der Waals surface area contributed by atoms with Crippen LogP contribution in [-0.2, 0) is 4.79 Å². The minimum atomic E-state index is 0.0938. The quantitative estimate of drug-likeness (QED) is 0.811. The molecule has 1 amide bonds. The Morgan fingerprint density at radius 2 is 1.95 bits per heavy atom. The van der Waals surface area contributed by atoms with Crippen molar-refractivity contribution < 1.29 is 4.79 Å². The van der Waals surface area contributed by atoms with E-state index in [0.717, 1.165) is 5.69 Å². The third-order valence-corrected chi connectivity index (χ3v) is 4.95. The zero-order valence-corrected chi connectivity index (χ0v) is 13.7. The molecule has 0 aliphatic rings. The Morgan fingerprint density at radius 1 is 1.25 bits per heavy atom. The van der Waals surface area contributed by atoms with E-state index in [0.29, 0.717) is 18.3 Å². The molecule has 0 radical (unpaired) electrons. The van der Waals surface area contributed by atoms with Gasteiger partial charge in [-0.15, -0.1) is 11.3 Å². The van der Waals surface area contributed by atoms with E-state index < -0.39 is 0 Å². The Bertz CT molecular complexity index is 625. The van der Waals surface area contributed by atoms with Crippen LogP contribution < -0.4 is 5.32 Å². The van der Waals surface area contributed by atoms with Gasteiger partial charge in [0.1, 0.15) is 0 Å². The van der Waals surface area contributed by atoms with Crippen LogP contribution >= 0.6 is 11.3 Å². The molecule has 0 aliphatic heterocycles. The van der Waals surface area contributed by atoms with Crippen LogP contribution in [0.25, 0.3) is 10.1 Å². The Balaban J connectivity index is 2.29. The number of carbonyl (C=O) groups excluding carboxylic acids is 1. The third kappa shape index (κ3) is 3.21. The number of thiophene rings is 1. The van der Waals surface area contributed by atoms with Crippen LogP contribution in [0.3, 0.4) is 0 Å². The zero-order chi connectivity index (χ0) is 14.9. The van der Waals surface area contributed by atoms with E-state index >= 15 is 0 Å². The second kappa shape index (κ2) is 5.96. The molecule has 2 rings (SSSR count). The normalized spacial score (nSPS) is 11.6. The van der Waals surface area contributed by atoms with Gasteiger partial charge in [-0.2, -0.15) is 0 Å². The standard InChI is InChI=1S/C17H23NOS/c1-10(2)8-16(19)18-13-6-7-15-14(9-13)12(5)17(20-15)11(3)4/h6-7,9-11H,8H2,1-5H3,(H,18,19). The van der Waals surface area contributed by atoms with E-state index in [1.54, 1.807) is 0 Å². The van der Waals surface area contributed by atoms with Crippen molar-refractivity contribution in [1.29, 1.82) is 0 Å². The van der Waals surface area contributed by atoms with Gasteiger partial charge < -0.3 is 5.32 Å². The number of rotatable bonds is 4. The maximum atomic E-state index is 11.8. The van der Waals surface area contributed by atoms with Gasteiger partial charge in [0.15, 0.2) is 0 Å². The highest BCUT2D eigenvalue weighted by atomic mass is 32.1. The average Bonchev–Trinajstić information content (AvgIpc) is 2.66. The number of hydrogen-bond donors (Lipinski definition) is 1. The lowest BCUT2D eigenvalue weighted by Crippen LogP contribution is -2.13. The fourth-order valence-corrected chi connectivity index (χ4v) is 3.64. The minimum absolute atomic E-state index is 0.0938. The number of benzene rings is 1. The van der Waals surface area contributed by atoms with Gasteiger partial charge in [-0.3, -0.25) is 4.79 Å². The van der Waals surface area contributed by atoms with Crippen LogP contribution in [0, 0.1) is 12.8 Å². The molecule has 0 spiro atoms. The predicted molar refractivity (Wildman–Crippen MR) is 88.7 cm³/mol. The van der Waals surface area contributed by atoms with Crippen LogP contribution in [0.1, 0.15) is 50.5 Å². The van der Waals surface area contributed by atoms with Crippen LogP contribution in [0.5, 0.6) is 0 Å². The van der Waals surface area contributed by atoms with Crippen LogP contribution in [0.15, 0.2) is 18.2 Å². The maximum absolute atomic E-state index is 11.8. The number of fused-ring (bicyclic) bond motifs is 1. The molecule has 1 aromatic carbocycles. The van der Waals surface area contributed by atoms with E-state index in [9.17, 15) is 4.79 Å². The summed E-state index contributed by atoms with van der Waals surface area (Å²) in [6.07, 6.45) is 0.567. The summed E-state index contributed by atoms with van der Waals surface area (Å²) in [6, 6.07) is 6.22. The number of amides is 1. The summed E-state index contributed by atoms with van der Waals surface area (Å²) in [5, 5.41) is 4.26. The third-order valence-electron chi connectivity index (χ3n) is 3.37. The number of nitrogens with one attached hydrogen (secondary N) is 1. The molecule has 1 N–H and O–H groups in total. The van der Waals surface area contributed by atoms with E-state index in [1.807, 2.05) is 17.4 Å². The molecule has 2 aromatic rings. The molecule has 0 unspecified atom stereocenters. The summed E-state index contributed by atoms with van der Waals surface area (Å²) in [4.78, 5) is 13.3. The molecule has 0 saturated carbocycles. The molecule has 1 heterocycles. The van der Waals surface area contributed by atoms with Gasteiger partial charge in [-0.1, -0.05) is 27.7 Å². The van der Waals surface area contributed by atoms with Gasteiger partial charge in [-0.05, 0) is 47.9 Å². The van der Waals surface area contributed by atoms with Gasteiger partial charge >= 0.3 is 0 Å². The van der Waals surface area contributed by atoms with Crippen molar-refractivity contribution in [2.24, 2.45) is 5.92 Å². The lowest BCUT2D eigenvalue weighted by Gasteiger charge is -2.07. The first-order valence-corrected chi connectivity index (χ1v) is 8.03. The Kier molecular flexibility index (Phi) is 4.48. The molecule has 3 heteroatoms. The molecule has 0 fully saturated rings. The van der Waals surface area contributed by atoms with Crippen LogP contribution in [0.4, 0.5) is 5.69 Å². The monoisotopic (exact) mass is 289 g/mol. The highest BCUT2D eigenvalue weighted by Crippen LogP contribution is 2.36. The summed E-state index contributed by atoms with van der Waals surface area (Å²) in [5.74, 6) is 1.02. The van der Waals surface area contributed by atoms with E-state index in [2.05, 4.69) is 52.1 Å². The summed E-state index contributed by atoms with van der Waals surface area (Å²) in [5.41, 5.74) is 2.25. The van der Waals surface area contributed by atoms with Crippen molar-refractivity contribution in [3.63, 3.8) is 0 Å². The van der Waals surface area contributed by atoms with Gasteiger partial charge in [0.05, 0.1) is 0 Å². The highest BCUT2D eigenvalue weighted by Gasteiger charge is 2.12. The van der Waals surface area contributed by atoms with Crippen molar-refractivity contribution >= 4 is 33.0 Å². The van der Waals surface area contributed by atoms with Crippen molar-refractivity contribution in [3.05, 3.63) is 28.6 Å². The molecule has 1 aromatic heterocycles. The van der Waals surface area contributed by atoms with Crippen molar-refractivity contribution in [2.45, 2.75) is 47.0 Å². The molecule has 0 saturated heterocycles. The molecule has 0 aliphatic carbocycles. The average molecular weight is 289 g/mol. The Morgan fingerprint density at radius 3 is 2.55 bits per heavy atom. The predicted octanol–water partition coefficient (Wildman–Crippen LogP) is 5.32. The van der Waals surface area contributed by atoms with E-state index in [4.69, 9.17) is 0 Å². The first-order chi connectivity index (χ1) is 9.38. The lowest BCUT2D eigenvalue weighted by atomic mass is 10.1. The smallest absolute Gasteiger partial charge is 0.224 e. The van der Waals surface area contributed by atoms with Crippen molar-refractivity contribution in [1.82, 2.24) is 0 Å². The largest absolute Gasteiger partial charge is 0.326 e. The van der Waals surface area contributed by atoms with Gasteiger partial charge in [0.2, 0.25) is 5.91 Å². The summed E-state index contributed by atoms with van der Waals surface area (Å²) in [7, 11) is 0. The van der Waals surface area contributed by atoms with Gasteiger partial charge in [0, 0.05) is 21.7 Å². The Labute approximate surface area is 125 Å². The van der Waals surface area contributed by atoms with Crippen molar-refractivity contribution in [2.75, 3.05) is 5.32 Å². The fraction of sp³-hybridized carbons (Fsp3) is 0.471. The van der Waals surface area contributed by atoms with E-state index in [-0.39, 0.29) is 5.91 Å². The van der Waals surface area contributed by atoms with Gasteiger partial charge in [0.25, 0.3) is 0 Å². The van der Waals surface area contributed by atoms with Gasteiger partial charge in [-0.25, -0.2) is 0 Å². The number of anilines is 1. The first-order valence-electron chi connectivity index (χ1n) is 7.21. The van der Waals surface area contributed by atoms with Crippen LogP contribution in [-0.4, -0.2) is 5.91 Å². The molecule has 2 nitrogen and oxygen atoms in total. The van der Waals surface area contributed by atoms with Crippen LogP contribution in [0.2, 0.25) is 0 Å². The number of aryl methyl sites for hydroxylation is 1. The second-order valence-corrected chi connectivity index (χ2v) is 7.19. The molecule has 0 bridgehead atoms. The maximum Gasteiger partial charge on any atom is 0.224 e. The highest BCUT2D eigenvalue weighted by molar-refractivity contribution is 7.19. The summed E-state index contributed by atoms with van der Waals surface area (Å²) in [6.45, 7) is 10.7. The second-order valence-electron chi connectivity index (χ2n) is 6.10. The summed E-state index contributed by atoms with van der Waals surface area (Å²) < 4.78 is 1.30. The molecule has 0 atom stereocenters. The molecular formula is C17H23NOS. The number of carbonyl (C=O) groups is 1. The lowest BCUT2D eigenvalue weighted by molar-refractivity contribution is -0.116. The SMILES string of the molecule is Cc1c(C(C)C)sc2ccc(NC(=O)CC(C)C)cc12. The number of hydrogen-bond acceptors (Lipinski definition) is 2. The molecule has 20 heavy (non-hydrogen) atoms. The Hall–Kier alpha value is -1.35. The topological polar surface area (TPSA) is 29.1 Å².